The molecule has 6 heteroatoms. The van der Waals surface area contributed by atoms with Crippen LogP contribution in [0.2, 0.25) is 0 Å². The molecule has 160 valence electrons. The van der Waals surface area contributed by atoms with Crippen LogP contribution in [0.4, 0.5) is 5.69 Å². The summed E-state index contributed by atoms with van der Waals surface area (Å²) >= 11 is 0. The maximum absolute atomic E-state index is 13.2. The number of ether oxygens (including phenoxy) is 1. The van der Waals surface area contributed by atoms with E-state index in [9.17, 15) is 9.59 Å². The quantitative estimate of drug-likeness (QED) is 0.420. The number of aromatic nitrogens is 2. The predicted octanol–water partition coefficient (Wildman–Crippen LogP) is 5.06. The highest BCUT2D eigenvalue weighted by molar-refractivity contribution is 6.08. The van der Waals surface area contributed by atoms with Gasteiger partial charge in [0, 0.05) is 23.0 Å². The summed E-state index contributed by atoms with van der Waals surface area (Å²) in [5.41, 5.74) is 4.15. The molecule has 0 radical (unpaired) electrons. The van der Waals surface area contributed by atoms with Gasteiger partial charge in [-0.3, -0.25) is 14.3 Å². The second kappa shape index (κ2) is 9.31. The van der Waals surface area contributed by atoms with E-state index in [1.165, 1.54) is 6.92 Å². The number of hydrogen-bond donors (Lipinski definition) is 1. The van der Waals surface area contributed by atoms with Crippen molar-refractivity contribution in [2.75, 3.05) is 12.4 Å². The third-order valence-electron chi connectivity index (χ3n) is 5.11. The number of nitrogens with zero attached hydrogens (tertiary/aromatic N) is 2. The van der Waals surface area contributed by atoms with E-state index < -0.39 is 0 Å². The van der Waals surface area contributed by atoms with Gasteiger partial charge in [0.25, 0.3) is 5.91 Å². The van der Waals surface area contributed by atoms with E-state index in [1.54, 1.807) is 42.3 Å². The molecule has 0 bridgehead atoms. The van der Waals surface area contributed by atoms with Crippen LogP contribution in [0.25, 0.3) is 11.3 Å². The molecule has 0 aliphatic carbocycles. The van der Waals surface area contributed by atoms with Crippen molar-refractivity contribution in [1.29, 1.82) is 0 Å². The molecule has 0 unspecified atom stereocenters. The number of hydrogen-bond acceptors (Lipinski definition) is 4. The van der Waals surface area contributed by atoms with Crippen molar-refractivity contribution in [3.8, 4) is 17.0 Å². The highest BCUT2D eigenvalue weighted by Crippen LogP contribution is 2.26. The zero-order valence-electron chi connectivity index (χ0n) is 17.9. The maximum Gasteiger partial charge on any atom is 0.259 e. The Hall–Kier alpha value is -4.19. The molecule has 4 aromatic rings. The van der Waals surface area contributed by atoms with Gasteiger partial charge in [-0.2, -0.15) is 5.10 Å². The van der Waals surface area contributed by atoms with Crippen LogP contribution in [-0.4, -0.2) is 28.6 Å². The van der Waals surface area contributed by atoms with Gasteiger partial charge in [-0.25, -0.2) is 0 Å². The fraction of sp³-hybridized carbons (Fsp3) is 0.115. The van der Waals surface area contributed by atoms with E-state index >= 15 is 0 Å². The molecule has 0 spiro atoms. The van der Waals surface area contributed by atoms with Gasteiger partial charge >= 0.3 is 0 Å². The fourth-order valence-corrected chi connectivity index (χ4v) is 3.39. The van der Waals surface area contributed by atoms with Crippen LogP contribution in [0.5, 0.6) is 5.75 Å². The summed E-state index contributed by atoms with van der Waals surface area (Å²) in [4.78, 5) is 24.7. The summed E-state index contributed by atoms with van der Waals surface area (Å²) in [5, 5.41) is 7.61. The Morgan fingerprint density at radius 1 is 0.938 bits per heavy atom. The van der Waals surface area contributed by atoms with Crippen LogP contribution in [0, 0.1) is 0 Å². The molecule has 0 atom stereocenters. The molecule has 1 N–H and O–H groups in total. The topological polar surface area (TPSA) is 73.2 Å². The van der Waals surface area contributed by atoms with Crippen molar-refractivity contribution in [3.05, 3.63) is 102 Å². The van der Waals surface area contributed by atoms with Crippen LogP contribution in [-0.2, 0) is 6.54 Å². The Morgan fingerprint density at radius 3 is 2.25 bits per heavy atom. The minimum Gasteiger partial charge on any atom is -0.497 e. The molecule has 6 nitrogen and oxygen atoms in total. The number of amides is 1. The molecule has 0 saturated heterocycles. The first-order valence-corrected chi connectivity index (χ1v) is 10.2. The van der Waals surface area contributed by atoms with Gasteiger partial charge in [0.2, 0.25) is 0 Å². The van der Waals surface area contributed by atoms with Crippen LogP contribution in [0.15, 0.2) is 85.1 Å². The Morgan fingerprint density at radius 2 is 1.62 bits per heavy atom. The largest absolute Gasteiger partial charge is 0.497 e. The molecule has 0 aliphatic rings. The minimum absolute atomic E-state index is 0.0214. The lowest BCUT2D eigenvalue weighted by Crippen LogP contribution is -2.12. The Bertz CT molecular complexity index is 1230. The molecular weight excluding hydrogens is 402 g/mol. The lowest BCUT2D eigenvalue weighted by molar-refractivity contribution is 0.101. The summed E-state index contributed by atoms with van der Waals surface area (Å²) in [6.07, 6.45) is 1.76. The van der Waals surface area contributed by atoms with Crippen LogP contribution in [0.3, 0.4) is 0 Å². The second-order valence-corrected chi connectivity index (χ2v) is 7.39. The molecule has 32 heavy (non-hydrogen) atoms. The summed E-state index contributed by atoms with van der Waals surface area (Å²) in [5.74, 6) is 0.437. The zero-order chi connectivity index (χ0) is 22.5. The molecule has 3 aromatic carbocycles. The average Bonchev–Trinajstić information content (AvgIpc) is 3.24. The number of carbonyl (C=O) groups is 2. The van der Waals surface area contributed by atoms with Crippen molar-refractivity contribution in [2.45, 2.75) is 13.5 Å². The van der Waals surface area contributed by atoms with Crippen molar-refractivity contribution in [1.82, 2.24) is 9.78 Å². The summed E-state index contributed by atoms with van der Waals surface area (Å²) < 4.78 is 7.01. The third-order valence-corrected chi connectivity index (χ3v) is 5.11. The van der Waals surface area contributed by atoms with Gasteiger partial charge in [-0.05, 0) is 61.0 Å². The number of ketones is 1. The molecular formula is C26H23N3O3. The van der Waals surface area contributed by atoms with E-state index in [4.69, 9.17) is 9.84 Å². The first-order chi connectivity index (χ1) is 15.5. The number of carbonyl (C=O) groups excluding carboxylic acids is 2. The summed E-state index contributed by atoms with van der Waals surface area (Å²) in [7, 11) is 1.61. The lowest BCUT2D eigenvalue weighted by Gasteiger charge is -2.07. The fourth-order valence-electron chi connectivity index (χ4n) is 3.39. The van der Waals surface area contributed by atoms with Crippen molar-refractivity contribution in [3.63, 3.8) is 0 Å². The SMILES string of the molecule is COc1ccc(-c2nn(Cc3ccccc3)cc2C(=O)Nc2ccc(C(C)=O)cc2)cc1. The highest BCUT2D eigenvalue weighted by atomic mass is 16.5. The Labute approximate surface area is 186 Å². The van der Waals surface area contributed by atoms with Gasteiger partial charge in [-0.15, -0.1) is 0 Å². The average molecular weight is 425 g/mol. The lowest BCUT2D eigenvalue weighted by atomic mass is 10.1. The molecule has 1 aromatic heterocycles. The number of nitrogens with one attached hydrogen (secondary N) is 1. The van der Waals surface area contributed by atoms with Gasteiger partial charge in [0.15, 0.2) is 5.78 Å². The smallest absolute Gasteiger partial charge is 0.259 e. The molecule has 0 fully saturated rings. The standard InChI is InChI=1S/C26H23N3O3/c1-18(30)20-8-12-22(13-9-20)27-26(31)24-17-29(16-19-6-4-3-5-7-19)28-25(24)21-10-14-23(32-2)15-11-21/h3-15,17H,16H2,1-2H3,(H,27,31). The molecule has 1 heterocycles. The first-order valence-electron chi connectivity index (χ1n) is 10.2. The number of anilines is 1. The molecule has 4 rings (SSSR count). The number of Topliss-reactive ketones (excluding diaryl/α,β-unsaturated/α-hetero) is 1. The van der Waals surface area contributed by atoms with Crippen LogP contribution < -0.4 is 10.1 Å². The van der Waals surface area contributed by atoms with Gasteiger partial charge < -0.3 is 10.1 Å². The normalized spacial score (nSPS) is 10.6. The van der Waals surface area contributed by atoms with Crippen LogP contribution in [0.1, 0.15) is 33.2 Å². The molecule has 0 saturated carbocycles. The van der Waals surface area contributed by atoms with Crippen LogP contribution >= 0.6 is 0 Å². The zero-order valence-corrected chi connectivity index (χ0v) is 17.9. The maximum atomic E-state index is 13.2. The van der Waals surface area contributed by atoms with E-state index in [2.05, 4.69) is 5.32 Å². The first kappa shape index (κ1) is 21.1. The van der Waals surface area contributed by atoms with E-state index in [0.29, 0.717) is 29.1 Å². The molecule has 1 amide bonds. The number of methoxy groups -OCH3 is 1. The third kappa shape index (κ3) is 4.75. The monoisotopic (exact) mass is 425 g/mol. The van der Waals surface area contributed by atoms with E-state index in [0.717, 1.165) is 16.9 Å². The van der Waals surface area contributed by atoms with Crippen molar-refractivity contribution < 1.29 is 14.3 Å². The van der Waals surface area contributed by atoms with E-state index in [-0.39, 0.29) is 11.7 Å². The van der Waals surface area contributed by atoms with E-state index in [1.807, 2.05) is 54.6 Å². The number of rotatable bonds is 7. The molecule has 0 aliphatic heterocycles. The van der Waals surface area contributed by atoms with Gasteiger partial charge in [0.1, 0.15) is 11.4 Å². The minimum atomic E-state index is -0.272. The number of benzene rings is 3. The van der Waals surface area contributed by atoms with Gasteiger partial charge in [-0.1, -0.05) is 30.3 Å². The van der Waals surface area contributed by atoms with Crippen molar-refractivity contribution >= 4 is 17.4 Å². The second-order valence-electron chi connectivity index (χ2n) is 7.39. The van der Waals surface area contributed by atoms with Crippen molar-refractivity contribution in [2.24, 2.45) is 0 Å². The summed E-state index contributed by atoms with van der Waals surface area (Å²) in [6, 6.07) is 24.2. The predicted molar refractivity (Wildman–Crippen MR) is 124 cm³/mol. The Balaban J connectivity index is 1.66. The highest BCUT2D eigenvalue weighted by Gasteiger charge is 2.19. The Kier molecular flexibility index (Phi) is 6.12. The van der Waals surface area contributed by atoms with Gasteiger partial charge in [0.05, 0.1) is 19.2 Å². The summed E-state index contributed by atoms with van der Waals surface area (Å²) in [6.45, 7) is 2.06.